The Bertz CT molecular complexity index is 746. The van der Waals surface area contributed by atoms with Crippen molar-refractivity contribution in [3.05, 3.63) is 33.9 Å². The summed E-state index contributed by atoms with van der Waals surface area (Å²) in [4.78, 5) is 23.2. The number of methoxy groups -OCH3 is 1. The van der Waals surface area contributed by atoms with Gasteiger partial charge in [0.25, 0.3) is 0 Å². The number of ether oxygens (including phenoxy) is 2. The van der Waals surface area contributed by atoms with Gasteiger partial charge in [-0.1, -0.05) is 18.6 Å². The molecule has 1 N–H and O–H groups in total. The quantitative estimate of drug-likeness (QED) is 0.554. The van der Waals surface area contributed by atoms with Crippen LogP contribution in [0.3, 0.4) is 0 Å². The maximum absolute atomic E-state index is 11.9. The highest BCUT2D eigenvalue weighted by Crippen LogP contribution is 2.42. The maximum Gasteiger partial charge on any atom is 0.342 e. The van der Waals surface area contributed by atoms with Crippen molar-refractivity contribution in [2.24, 2.45) is 5.92 Å². The number of esters is 1. The fraction of sp³-hybridized carbons (Fsp3) is 0.524. The summed E-state index contributed by atoms with van der Waals surface area (Å²) in [5.74, 6) is 0.399. The fourth-order valence-electron chi connectivity index (χ4n) is 3.30. The number of hydrogen-bond acceptors (Lipinski definition) is 5. The summed E-state index contributed by atoms with van der Waals surface area (Å²) >= 11 is 0. The molecule has 2 rings (SSSR count). The van der Waals surface area contributed by atoms with Crippen LogP contribution in [-0.2, 0) is 22.6 Å². The zero-order valence-corrected chi connectivity index (χ0v) is 16.3. The van der Waals surface area contributed by atoms with Crippen LogP contribution in [0.25, 0.3) is 0 Å². The van der Waals surface area contributed by atoms with E-state index in [1.165, 1.54) is 5.57 Å². The first-order valence-corrected chi connectivity index (χ1v) is 9.02. The Balaban J connectivity index is 2.16. The van der Waals surface area contributed by atoms with Crippen molar-refractivity contribution >= 4 is 11.8 Å². The van der Waals surface area contributed by atoms with E-state index in [1.807, 2.05) is 26.8 Å². The van der Waals surface area contributed by atoms with Gasteiger partial charge in [-0.15, -0.1) is 0 Å². The molecule has 0 amide bonds. The van der Waals surface area contributed by atoms with E-state index in [9.17, 15) is 14.7 Å². The van der Waals surface area contributed by atoms with Crippen LogP contribution in [0.2, 0.25) is 0 Å². The third kappa shape index (κ3) is 4.09. The summed E-state index contributed by atoms with van der Waals surface area (Å²) < 4.78 is 10.6. The molecule has 1 unspecified atom stereocenters. The van der Waals surface area contributed by atoms with E-state index in [1.54, 1.807) is 14.0 Å². The first kappa shape index (κ1) is 20.0. The Morgan fingerprint density at radius 3 is 2.69 bits per heavy atom. The van der Waals surface area contributed by atoms with E-state index < -0.39 is 5.97 Å². The van der Waals surface area contributed by atoms with Gasteiger partial charge in [-0.05, 0) is 52.0 Å². The van der Waals surface area contributed by atoms with E-state index in [4.69, 9.17) is 9.47 Å². The molecule has 5 heteroatoms. The first-order valence-electron chi connectivity index (χ1n) is 9.02. The molecule has 1 aromatic carbocycles. The molecule has 0 spiro atoms. The standard InChI is InChI=1S/C21H28O5/c1-12(7-6-8-13(2)15(4)22)9-10-16-19(23)18-17(11-26-21(18)24)14(3)20(16)25-5/h9,13,23H,6-8,10-11H2,1-5H3. The van der Waals surface area contributed by atoms with Crippen LogP contribution < -0.4 is 4.74 Å². The summed E-state index contributed by atoms with van der Waals surface area (Å²) in [6.45, 7) is 7.67. The number of aromatic hydroxyl groups is 1. The number of cyclic esters (lactones) is 1. The number of fused-ring (bicyclic) bond motifs is 1. The third-order valence-corrected chi connectivity index (χ3v) is 5.20. The number of hydrogen-bond donors (Lipinski definition) is 1. The molecule has 1 aromatic rings. The number of phenols is 1. The lowest BCUT2D eigenvalue weighted by Gasteiger charge is -2.15. The van der Waals surface area contributed by atoms with Crippen LogP contribution >= 0.6 is 0 Å². The number of ketones is 1. The minimum absolute atomic E-state index is 0.0424. The summed E-state index contributed by atoms with van der Waals surface area (Å²) in [5, 5.41) is 10.6. The van der Waals surface area contributed by atoms with Crippen molar-refractivity contribution in [2.45, 2.75) is 60.0 Å². The highest BCUT2D eigenvalue weighted by molar-refractivity contribution is 5.98. The topological polar surface area (TPSA) is 72.8 Å². The third-order valence-electron chi connectivity index (χ3n) is 5.20. The van der Waals surface area contributed by atoms with E-state index in [0.717, 1.165) is 24.8 Å². The van der Waals surface area contributed by atoms with Crippen molar-refractivity contribution in [3.8, 4) is 11.5 Å². The van der Waals surface area contributed by atoms with E-state index >= 15 is 0 Å². The second-order valence-electron chi connectivity index (χ2n) is 7.07. The predicted octanol–water partition coefficient (Wildman–Crippen LogP) is 4.26. The van der Waals surface area contributed by atoms with Crippen LogP contribution in [0.4, 0.5) is 0 Å². The molecule has 5 nitrogen and oxygen atoms in total. The molecule has 0 aromatic heterocycles. The second kappa shape index (κ2) is 8.39. The van der Waals surface area contributed by atoms with Gasteiger partial charge in [-0.2, -0.15) is 0 Å². The first-order chi connectivity index (χ1) is 12.3. The maximum atomic E-state index is 11.9. The Hall–Kier alpha value is -2.30. The smallest absolute Gasteiger partial charge is 0.342 e. The number of carbonyl (C=O) groups is 2. The van der Waals surface area contributed by atoms with Crippen molar-refractivity contribution < 1.29 is 24.2 Å². The van der Waals surface area contributed by atoms with Crippen molar-refractivity contribution in [1.29, 1.82) is 0 Å². The van der Waals surface area contributed by atoms with Crippen molar-refractivity contribution in [2.75, 3.05) is 7.11 Å². The van der Waals surface area contributed by atoms with Crippen LogP contribution in [0.15, 0.2) is 11.6 Å². The molecule has 26 heavy (non-hydrogen) atoms. The van der Waals surface area contributed by atoms with E-state index in [0.29, 0.717) is 23.3 Å². The van der Waals surface area contributed by atoms with Gasteiger partial charge in [0.2, 0.25) is 0 Å². The molecule has 1 aliphatic heterocycles. The van der Waals surface area contributed by atoms with Gasteiger partial charge in [0, 0.05) is 17.0 Å². The minimum Gasteiger partial charge on any atom is -0.507 e. The molecule has 1 heterocycles. The van der Waals surface area contributed by atoms with Gasteiger partial charge in [-0.3, -0.25) is 4.79 Å². The monoisotopic (exact) mass is 360 g/mol. The van der Waals surface area contributed by atoms with Crippen molar-refractivity contribution in [3.63, 3.8) is 0 Å². The minimum atomic E-state index is -0.483. The lowest BCUT2D eigenvalue weighted by atomic mass is 9.94. The number of phenolic OH excluding ortho intramolecular Hbond substituents is 1. The van der Waals surface area contributed by atoms with Gasteiger partial charge in [0.1, 0.15) is 29.5 Å². The number of Topliss-reactive ketones (excluding diaryl/α,β-unsaturated/α-hetero) is 1. The summed E-state index contributed by atoms with van der Waals surface area (Å²) in [6.07, 6.45) is 5.24. The average Bonchev–Trinajstić information content (AvgIpc) is 2.98. The van der Waals surface area contributed by atoms with E-state index in [2.05, 4.69) is 0 Å². The normalized spacial score (nSPS) is 14.8. The molecule has 1 aliphatic rings. The fourth-order valence-corrected chi connectivity index (χ4v) is 3.30. The van der Waals surface area contributed by atoms with Gasteiger partial charge < -0.3 is 14.6 Å². The molecular formula is C21H28O5. The van der Waals surface area contributed by atoms with Crippen LogP contribution in [0, 0.1) is 12.8 Å². The lowest BCUT2D eigenvalue weighted by Crippen LogP contribution is -2.05. The Kier molecular flexibility index (Phi) is 6.46. The summed E-state index contributed by atoms with van der Waals surface area (Å²) in [5.41, 5.74) is 3.59. The molecule has 0 bridgehead atoms. The second-order valence-corrected chi connectivity index (χ2v) is 7.07. The van der Waals surface area contributed by atoms with Crippen LogP contribution in [0.1, 0.15) is 67.1 Å². The van der Waals surface area contributed by atoms with Crippen molar-refractivity contribution in [1.82, 2.24) is 0 Å². The molecular weight excluding hydrogens is 332 g/mol. The zero-order valence-electron chi connectivity index (χ0n) is 16.3. The highest BCUT2D eigenvalue weighted by atomic mass is 16.5. The number of benzene rings is 1. The largest absolute Gasteiger partial charge is 0.507 e. The number of rotatable bonds is 8. The molecule has 1 atom stereocenters. The Morgan fingerprint density at radius 1 is 1.38 bits per heavy atom. The molecule has 0 radical (unpaired) electrons. The molecule has 0 aliphatic carbocycles. The van der Waals surface area contributed by atoms with Crippen LogP contribution in [0.5, 0.6) is 11.5 Å². The Labute approximate surface area is 155 Å². The lowest BCUT2D eigenvalue weighted by molar-refractivity contribution is -0.120. The number of carbonyl (C=O) groups excluding carboxylic acids is 2. The van der Waals surface area contributed by atoms with Gasteiger partial charge in [-0.25, -0.2) is 4.79 Å². The van der Waals surface area contributed by atoms with Gasteiger partial charge in [0.15, 0.2) is 0 Å². The average molecular weight is 360 g/mol. The molecule has 0 fully saturated rings. The Morgan fingerprint density at radius 2 is 2.08 bits per heavy atom. The van der Waals surface area contributed by atoms with Gasteiger partial charge in [0.05, 0.1) is 7.11 Å². The molecule has 142 valence electrons. The SMILES string of the molecule is COc1c(C)c2c(c(O)c1CC=C(C)CCCC(C)C(C)=O)C(=O)OC2. The van der Waals surface area contributed by atoms with E-state index in [-0.39, 0.29) is 29.6 Å². The number of allylic oxidation sites excluding steroid dienone is 2. The van der Waals surface area contributed by atoms with Gasteiger partial charge >= 0.3 is 5.97 Å². The molecule has 0 saturated carbocycles. The summed E-state index contributed by atoms with van der Waals surface area (Å²) in [6, 6.07) is 0. The zero-order chi connectivity index (χ0) is 19.4. The predicted molar refractivity (Wildman–Crippen MR) is 99.7 cm³/mol. The highest BCUT2D eigenvalue weighted by Gasteiger charge is 2.31. The van der Waals surface area contributed by atoms with Crippen LogP contribution in [-0.4, -0.2) is 24.0 Å². The molecule has 0 saturated heterocycles. The summed E-state index contributed by atoms with van der Waals surface area (Å²) in [7, 11) is 1.56.